The Kier molecular flexibility index (Phi) is 2.63. The number of hydrogen-bond acceptors (Lipinski definition) is 3. The number of morpholine rings is 1. The van der Waals surface area contributed by atoms with E-state index in [0.717, 1.165) is 32.6 Å². The molecule has 0 bridgehead atoms. The molecule has 0 aromatic heterocycles. The maximum absolute atomic E-state index is 9.65. The predicted octanol–water partition coefficient (Wildman–Crippen LogP) is 0.136. The number of nitrogens with one attached hydrogen (secondary N) is 1. The molecule has 2 aliphatic rings. The van der Waals surface area contributed by atoms with Crippen molar-refractivity contribution in [2.45, 2.75) is 31.4 Å². The van der Waals surface area contributed by atoms with Crippen LogP contribution in [-0.4, -0.2) is 37.0 Å². The standard InChI is InChI=1S/C9H17NO2/c11-9-3-1-2-7(9)8-6-12-5-4-10-8/h7-11H,1-6H2. The third kappa shape index (κ3) is 1.63. The van der Waals surface area contributed by atoms with Crippen molar-refractivity contribution in [1.82, 2.24) is 5.32 Å². The SMILES string of the molecule is OC1CCCC1C1COCCN1. The van der Waals surface area contributed by atoms with Gasteiger partial charge < -0.3 is 15.2 Å². The fraction of sp³-hybridized carbons (Fsp3) is 1.00. The van der Waals surface area contributed by atoms with Gasteiger partial charge in [0.15, 0.2) is 0 Å². The van der Waals surface area contributed by atoms with Gasteiger partial charge in [-0.25, -0.2) is 0 Å². The van der Waals surface area contributed by atoms with Crippen LogP contribution in [0.25, 0.3) is 0 Å². The lowest BCUT2D eigenvalue weighted by molar-refractivity contribution is 0.0254. The highest BCUT2D eigenvalue weighted by molar-refractivity contribution is 4.87. The fourth-order valence-corrected chi connectivity index (χ4v) is 2.30. The predicted molar refractivity (Wildman–Crippen MR) is 46.0 cm³/mol. The largest absolute Gasteiger partial charge is 0.393 e. The fourth-order valence-electron chi connectivity index (χ4n) is 2.30. The van der Waals surface area contributed by atoms with Gasteiger partial charge >= 0.3 is 0 Å². The van der Waals surface area contributed by atoms with Crippen LogP contribution in [0.1, 0.15) is 19.3 Å². The van der Waals surface area contributed by atoms with Crippen molar-refractivity contribution in [2.75, 3.05) is 19.8 Å². The molecule has 0 radical (unpaired) electrons. The van der Waals surface area contributed by atoms with E-state index in [1.807, 2.05) is 0 Å². The highest BCUT2D eigenvalue weighted by atomic mass is 16.5. The van der Waals surface area contributed by atoms with E-state index in [0.29, 0.717) is 12.0 Å². The highest BCUT2D eigenvalue weighted by Crippen LogP contribution is 2.28. The average molecular weight is 171 g/mol. The molecular weight excluding hydrogens is 154 g/mol. The molecule has 3 nitrogen and oxygen atoms in total. The summed E-state index contributed by atoms with van der Waals surface area (Å²) >= 11 is 0. The second kappa shape index (κ2) is 3.73. The Morgan fingerprint density at radius 1 is 1.33 bits per heavy atom. The zero-order valence-corrected chi connectivity index (χ0v) is 7.33. The normalized spacial score (nSPS) is 43.2. The summed E-state index contributed by atoms with van der Waals surface area (Å²) < 4.78 is 5.37. The topological polar surface area (TPSA) is 41.5 Å². The van der Waals surface area contributed by atoms with E-state index in [-0.39, 0.29) is 6.10 Å². The van der Waals surface area contributed by atoms with E-state index in [9.17, 15) is 5.11 Å². The molecule has 2 rings (SSSR count). The molecule has 0 aromatic carbocycles. The lowest BCUT2D eigenvalue weighted by Gasteiger charge is -2.30. The van der Waals surface area contributed by atoms with E-state index in [1.165, 1.54) is 6.42 Å². The first-order chi connectivity index (χ1) is 5.88. The molecule has 3 heteroatoms. The Labute approximate surface area is 73.1 Å². The summed E-state index contributed by atoms with van der Waals surface area (Å²) in [5.41, 5.74) is 0. The van der Waals surface area contributed by atoms with Gasteiger partial charge in [-0.3, -0.25) is 0 Å². The number of ether oxygens (including phenoxy) is 1. The number of rotatable bonds is 1. The first-order valence-corrected chi connectivity index (χ1v) is 4.87. The molecule has 3 unspecified atom stereocenters. The van der Waals surface area contributed by atoms with Crippen LogP contribution in [0.5, 0.6) is 0 Å². The van der Waals surface area contributed by atoms with Crippen molar-refractivity contribution in [2.24, 2.45) is 5.92 Å². The lowest BCUT2D eigenvalue weighted by Crippen LogP contribution is -2.48. The molecule has 1 aliphatic carbocycles. The molecular formula is C9H17NO2. The van der Waals surface area contributed by atoms with Gasteiger partial charge in [0.2, 0.25) is 0 Å². The van der Waals surface area contributed by atoms with E-state index in [2.05, 4.69) is 5.32 Å². The monoisotopic (exact) mass is 171 g/mol. The van der Waals surface area contributed by atoms with Gasteiger partial charge in [-0.05, 0) is 12.8 Å². The Hall–Kier alpha value is -0.120. The molecule has 70 valence electrons. The summed E-state index contributed by atoms with van der Waals surface area (Å²) in [5, 5.41) is 13.1. The molecule has 1 saturated carbocycles. The molecule has 2 N–H and O–H groups in total. The molecule has 2 fully saturated rings. The Morgan fingerprint density at radius 2 is 2.25 bits per heavy atom. The van der Waals surface area contributed by atoms with Gasteiger partial charge in [0.05, 0.1) is 19.3 Å². The summed E-state index contributed by atoms with van der Waals surface area (Å²) in [6.45, 7) is 2.54. The van der Waals surface area contributed by atoms with Crippen LogP contribution in [0.4, 0.5) is 0 Å². The Bertz CT molecular complexity index is 145. The molecule has 1 heterocycles. The van der Waals surface area contributed by atoms with Crippen LogP contribution in [0, 0.1) is 5.92 Å². The van der Waals surface area contributed by atoms with E-state index >= 15 is 0 Å². The summed E-state index contributed by atoms with van der Waals surface area (Å²) in [4.78, 5) is 0. The van der Waals surface area contributed by atoms with Crippen LogP contribution in [-0.2, 0) is 4.74 Å². The van der Waals surface area contributed by atoms with Crippen molar-refractivity contribution in [3.05, 3.63) is 0 Å². The minimum absolute atomic E-state index is 0.0933. The zero-order valence-electron chi connectivity index (χ0n) is 7.33. The summed E-state index contributed by atoms with van der Waals surface area (Å²) in [5.74, 6) is 0.435. The average Bonchev–Trinajstić information content (AvgIpc) is 2.53. The molecule has 12 heavy (non-hydrogen) atoms. The van der Waals surface area contributed by atoms with Crippen LogP contribution in [0.15, 0.2) is 0 Å². The molecule has 0 spiro atoms. The smallest absolute Gasteiger partial charge is 0.0623 e. The molecule has 1 aliphatic heterocycles. The molecule has 1 saturated heterocycles. The van der Waals surface area contributed by atoms with Gasteiger partial charge in [-0.15, -0.1) is 0 Å². The van der Waals surface area contributed by atoms with Gasteiger partial charge in [-0.1, -0.05) is 6.42 Å². The Balaban J connectivity index is 1.89. The first kappa shape index (κ1) is 8.48. The van der Waals surface area contributed by atoms with Gasteiger partial charge in [-0.2, -0.15) is 0 Å². The minimum atomic E-state index is -0.0933. The second-order valence-corrected chi connectivity index (χ2v) is 3.80. The maximum Gasteiger partial charge on any atom is 0.0623 e. The third-order valence-electron chi connectivity index (χ3n) is 3.00. The Morgan fingerprint density at radius 3 is 2.83 bits per heavy atom. The first-order valence-electron chi connectivity index (χ1n) is 4.87. The maximum atomic E-state index is 9.65. The number of hydrogen-bond donors (Lipinski definition) is 2. The van der Waals surface area contributed by atoms with E-state index < -0.39 is 0 Å². The second-order valence-electron chi connectivity index (χ2n) is 3.80. The number of aliphatic hydroxyl groups excluding tert-OH is 1. The summed E-state index contributed by atoms with van der Waals surface area (Å²) in [6.07, 6.45) is 3.21. The van der Waals surface area contributed by atoms with Gasteiger partial charge in [0, 0.05) is 18.5 Å². The van der Waals surface area contributed by atoms with Crippen molar-refractivity contribution in [1.29, 1.82) is 0 Å². The summed E-state index contributed by atoms with van der Waals surface area (Å²) in [7, 11) is 0. The summed E-state index contributed by atoms with van der Waals surface area (Å²) in [6, 6.07) is 0.399. The lowest BCUT2D eigenvalue weighted by atomic mass is 9.96. The van der Waals surface area contributed by atoms with Crippen LogP contribution >= 0.6 is 0 Å². The highest BCUT2D eigenvalue weighted by Gasteiger charge is 2.33. The van der Waals surface area contributed by atoms with E-state index in [1.54, 1.807) is 0 Å². The minimum Gasteiger partial charge on any atom is -0.393 e. The molecule has 3 atom stereocenters. The van der Waals surface area contributed by atoms with E-state index in [4.69, 9.17) is 4.74 Å². The molecule has 0 amide bonds. The van der Waals surface area contributed by atoms with Crippen molar-refractivity contribution >= 4 is 0 Å². The quantitative estimate of drug-likeness (QED) is 0.589. The van der Waals surface area contributed by atoms with Crippen molar-refractivity contribution in [3.8, 4) is 0 Å². The zero-order chi connectivity index (χ0) is 8.39. The van der Waals surface area contributed by atoms with Crippen LogP contribution < -0.4 is 5.32 Å². The third-order valence-corrected chi connectivity index (χ3v) is 3.00. The van der Waals surface area contributed by atoms with Crippen molar-refractivity contribution < 1.29 is 9.84 Å². The van der Waals surface area contributed by atoms with Crippen LogP contribution in [0.2, 0.25) is 0 Å². The van der Waals surface area contributed by atoms with Crippen molar-refractivity contribution in [3.63, 3.8) is 0 Å². The molecule has 0 aromatic rings. The van der Waals surface area contributed by atoms with Gasteiger partial charge in [0.1, 0.15) is 0 Å². The van der Waals surface area contributed by atoms with Crippen LogP contribution in [0.3, 0.4) is 0 Å². The number of aliphatic hydroxyl groups is 1. The van der Waals surface area contributed by atoms with Gasteiger partial charge in [0.25, 0.3) is 0 Å².